The van der Waals surface area contributed by atoms with E-state index in [1.807, 2.05) is 12.1 Å². The van der Waals surface area contributed by atoms with Crippen LogP contribution in [0.2, 0.25) is 0 Å². The summed E-state index contributed by atoms with van der Waals surface area (Å²) in [4.78, 5) is 0. The molecule has 0 aliphatic heterocycles. The minimum absolute atomic E-state index is 0.265. The average Bonchev–Trinajstić information content (AvgIpc) is 2.87. The first-order valence-electron chi connectivity index (χ1n) is 6.81. The van der Waals surface area contributed by atoms with E-state index in [-0.39, 0.29) is 13.6 Å². The van der Waals surface area contributed by atoms with Crippen molar-refractivity contribution in [3.63, 3.8) is 0 Å². The first-order valence-corrected chi connectivity index (χ1v) is 6.81. The van der Waals surface area contributed by atoms with E-state index >= 15 is 0 Å². The highest BCUT2D eigenvalue weighted by Gasteiger charge is 2.19. The number of methoxy groups -OCH3 is 2. The standard InChI is InChI=1S/C17H18O4/c1-18-10-20-14-3-5-16-12(8-14)7-13-9-15(21-11-19-2)4-6-17(13)16/h3-6,8-9H,7,10-11H2,1-2H3. The first kappa shape index (κ1) is 13.9. The van der Waals surface area contributed by atoms with E-state index in [0.29, 0.717) is 0 Å². The Hall–Kier alpha value is -2.04. The summed E-state index contributed by atoms with van der Waals surface area (Å²) in [7, 11) is 3.23. The predicted molar refractivity (Wildman–Crippen MR) is 79.7 cm³/mol. The highest BCUT2D eigenvalue weighted by Crippen LogP contribution is 2.39. The highest BCUT2D eigenvalue weighted by atomic mass is 16.7. The minimum Gasteiger partial charge on any atom is -0.468 e. The molecule has 4 heteroatoms. The van der Waals surface area contributed by atoms with Gasteiger partial charge < -0.3 is 18.9 Å². The van der Waals surface area contributed by atoms with Gasteiger partial charge in [0.2, 0.25) is 0 Å². The molecule has 21 heavy (non-hydrogen) atoms. The molecule has 0 unspecified atom stereocenters. The minimum atomic E-state index is 0.265. The van der Waals surface area contributed by atoms with Crippen molar-refractivity contribution in [3.05, 3.63) is 47.5 Å². The molecule has 1 aliphatic rings. The quantitative estimate of drug-likeness (QED) is 0.652. The second-order valence-electron chi connectivity index (χ2n) is 4.92. The van der Waals surface area contributed by atoms with Gasteiger partial charge in [-0.1, -0.05) is 12.1 Å². The maximum atomic E-state index is 5.49. The Morgan fingerprint density at radius 2 is 1.24 bits per heavy atom. The predicted octanol–water partition coefficient (Wildman–Crippen LogP) is 3.22. The molecular weight excluding hydrogens is 268 g/mol. The van der Waals surface area contributed by atoms with Crippen molar-refractivity contribution in [2.24, 2.45) is 0 Å². The van der Waals surface area contributed by atoms with E-state index in [0.717, 1.165) is 17.9 Å². The molecule has 0 saturated carbocycles. The molecule has 2 aromatic rings. The van der Waals surface area contributed by atoms with Gasteiger partial charge in [0.1, 0.15) is 11.5 Å². The fourth-order valence-electron chi connectivity index (χ4n) is 2.60. The molecule has 0 amide bonds. The second kappa shape index (κ2) is 6.16. The lowest BCUT2D eigenvalue weighted by Crippen LogP contribution is -1.99. The monoisotopic (exact) mass is 286 g/mol. The molecule has 4 nitrogen and oxygen atoms in total. The molecule has 0 bridgehead atoms. The first-order chi connectivity index (χ1) is 10.3. The normalized spacial score (nSPS) is 11.9. The summed E-state index contributed by atoms with van der Waals surface area (Å²) in [6.45, 7) is 0.529. The average molecular weight is 286 g/mol. The lowest BCUT2D eigenvalue weighted by atomic mass is 10.1. The molecule has 0 aromatic heterocycles. The van der Waals surface area contributed by atoms with Gasteiger partial charge in [-0.05, 0) is 52.9 Å². The maximum Gasteiger partial charge on any atom is 0.188 e. The van der Waals surface area contributed by atoms with E-state index in [9.17, 15) is 0 Å². The molecule has 0 radical (unpaired) electrons. The van der Waals surface area contributed by atoms with Crippen molar-refractivity contribution in [1.29, 1.82) is 0 Å². The van der Waals surface area contributed by atoms with Crippen LogP contribution in [0.1, 0.15) is 11.1 Å². The lowest BCUT2D eigenvalue weighted by molar-refractivity contribution is 0.0509. The maximum absolute atomic E-state index is 5.49. The smallest absolute Gasteiger partial charge is 0.188 e. The Morgan fingerprint density at radius 3 is 1.67 bits per heavy atom. The van der Waals surface area contributed by atoms with Crippen molar-refractivity contribution in [1.82, 2.24) is 0 Å². The number of hydrogen-bond acceptors (Lipinski definition) is 4. The summed E-state index contributed by atoms with van der Waals surface area (Å²) in [5.41, 5.74) is 5.05. The zero-order valence-corrected chi connectivity index (χ0v) is 12.2. The Balaban J connectivity index is 1.83. The SMILES string of the molecule is COCOc1ccc2c(c1)Cc1cc(OCOC)ccc1-2. The van der Waals surface area contributed by atoms with E-state index in [1.54, 1.807) is 14.2 Å². The van der Waals surface area contributed by atoms with Crippen LogP contribution in [0.5, 0.6) is 11.5 Å². The van der Waals surface area contributed by atoms with Crippen molar-refractivity contribution >= 4 is 0 Å². The molecule has 3 rings (SSSR count). The fraction of sp³-hybridized carbons (Fsp3) is 0.294. The zero-order chi connectivity index (χ0) is 14.7. The van der Waals surface area contributed by atoms with Gasteiger partial charge in [0.25, 0.3) is 0 Å². The Labute approximate surface area is 124 Å². The van der Waals surface area contributed by atoms with E-state index in [2.05, 4.69) is 24.3 Å². The second-order valence-corrected chi connectivity index (χ2v) is 4.92. The van der Waals surface area contributed by atoms with Gasteiger partial charge in [0.05, 0.1) is 0 Å². The molecule has 2 aromatic carbocycles. The third-order valence-electron chi connectivity index (χ3n) is 3.51. The van der Waals surface area contributed by atoms with Gasteiger partial charge in [-0.15, -0.1) is 0 Å². The number of hydrogen-bond donors (Lipinski definition) is 0. The van der Waals surface area contributed by atoms with Crippen LogP contribution >= 0.6 is 0 Å². The Bertz CT molecular complexity index is 581. The van der Waals surface area contributed by atoms with Crippen LogP contribution in [-0.4, -0.2) is 27.8 Å². The van der Waals surface area contributed by atoms with Crippen molar-refractivity contribution in [2.75, 3.05) is 27.8 Å². The third kappa shape index (κ3) is 2.86. The summed E-state index contributed by atoms with van der Waals surface area (Å²) >= 11 is 0. The lowest BCUT2D eigenvalue weighted by Gasteiger charge is -2.07. The summed E-state index contributed by atoms with van der Waals surface area (Å²) in [6, 6.07) is 12.3. The van der Waals surface area contributed by atoms with E-state index in [4.69, 9.17) is 18.9 Å². The van der Waals surface area contributed by atoms with Crippen molar-refractivity contribution in [2.45, 2.75) is 6.42 Å². The molecule has 110 valence electrons. The number of benzene rings is 2. The largest absolute Gasteiger partial charge is 0.468 e. The van der Waals surface area contributed by atoms with Gasteiger partial charge >= 0.3 is 0 Å². The molecule has 0 spiro atoms. The fourth-order valence-corrected chi connectivity index (χ4v) is 2.60. The van der Waals surface area contributed by atoms with Crippen molar-refractivity contribution in [3.8, 4) is 22.6 Å². The van der Waals surface area contributed by atoms with Crippen LogP contribution in [0.4, 0.5) is 0 Å². The summed E-state index contributed by atoms with van der Waals surface area (Å²) < 4.78 is 20.8. The summed E-state index contributed by atoms with van der Waals surface area (Å²) in [6.07, 6.45) is 0.888. The van der Waals surface area contributed by atoms with E-state index < -0.39 is 0 Å². The van der Waals surface area contributed by atoms with Crippen molar-refractivity contribution < 1.29 is 18.9 Å². The zero-order valence-electron chi connectivity index (χ0n) is 12.2. The van der Waals surface area contributed by atoms with Gasteiger partial charge in [0.15, 0.2) is 13.6 Å². The van der Waals surface area contributed by atoms with Gasteiger partial charge in [0, 0.05) is 14.2 Å². The van der Waals surface area contributed by atoms with Crippen LogP contribution < -0.4 is 9.47 Å². The van der Waals surface area contributed by atoms with E-state index in [1.165, 1.54) is 22.3 Å². The summed E-state index contributed by atoms with van der Waals surface area (Å²) in [5, 5.41) is 0. The molecule has 0 N–H and O–H groups in total. The number of rotatable bonds is 6. The number of fused-ring (bicyclic) bond motifs is 3. The molecule has 1 aliphatic carbocycles. The van der Waals surface area contributed by atoms with Crippen LogP contribution in [0.15, 0.2) is 36.4 Å². The molecule has 0 heterocycles. The van der Waals surface area contributed by atoms with Crippen LogP contribution in [0.3, 0.4) is 0 Å². The molecule has 0 saturated heterocycles. The van der Waals surface area contributed by atoms with Gasteiger partial charge in [-0.25, -0.2) is 0 Å². The van der Waals surface area contributed by atoms with Crippen LogP contribution in [0.25, 0.3) is 11.1 Å². The highest BCUT2D eigenvalue weighted by molar-refractivity contribution is 5.78. The number of ether oxygens (including phenoxy) is 4. The van der Waals surface area contributed by atoms with Crippen LogP contribution in [0, 0.1) is 0 Å². The Morgan fingerprint density at radius 1 is 0.762 bits per heavy atom. The molecule has 0 fully saturated rings. The molecular formula is C17H18O4. The van der Waals surface area contributed by atoms with Crippen LogP contribution in [-0.2, 0) is 15.9 Å². The summed E-state index contributed by atoms with van der Waals surface area (Å²) in [5.74, 6) is 1.67. The topological polar surface area (TPSA) is 36.9 Å². The third-order valence-corrected chi connectivity index (χ3v) is 3.51. The van der Waals surface area contributed by atoms with Gasteiger partial charge in [-0.2, -0.15) is 0 Å². The Kier molecular flexibility index (Phi) is 4.08. The molecule has 0 atom stereocenters. The van der Waals surface area contributed by atoms with Gasteiger partial charge in [-0.3, -0.25) is 0 Å².